The van der Waals surface area contributed by atoms with Gasteiger partial charge in [0.25, 0.3) is 5.91 Å². The van der Waals surface area contributed by atoms with E-state index < -0.39 is 0 Å². The van der Waals surface area contributed by atoms with Gasteiger partial charge in [-0.2, -0.15) is 0 Å². The number of amides is 1. The maximum absolute atomic E-state index is 12.4. The zero-order chi connectivity index (χ0) is 24.0. The Morgan fingerprint density at radius 2 is 1.82 bits per heavy atom. The number of rotatable bonds is 8. The summed E-state index contributed by atoms with van der Waals surface area (Å²) in [4.78, 5) is 17.0. The lowest BCUT2D eigenvalue weighted by Crippen LogP contribution is -2.20. The van der Waals surface area contributed by atoms with Crippen LogP contribution in [0.1, 0.15) is 29.2 Å². The Kier molecular flexibility index (Phi) is 8.74. The summed E-state index contributed by atoms with van der Waals surface area (Å²) < 4.78 is 12.5. The van der Waals surface area contributed by atoms with Crippen LogP contribution in [0.3, 0.4) is 0 Å². The summed E-state index contributed by atoms with van der Waals surface area (Å²) >= 11 is 8.31. The lowest BCUT2D eigenvalue weighted by atomic mass is 10.1. The van der Waals surface area contributed by atoms with E-state index in [1.54, 1.807) is 12.1 Å². The zero-order valence-corrected chi connectivity index (χ0v) is 22.0. The molecule has 0 aromatic heterocycles. The highest BCUT2D eigenvalue weighted by Crippen LogP contribution is 2.34. The number of aryl methyl sites for hydroxylation is 3. The fraction of sp³-hybridized carbons (Fsp3) is 0.231. The van der Waals surface area contributed by atoms with E-state index in [9.17, 15) is 4.79 Å². The van der Waals surface area contributed by atoms with Gasteiger partial charge in [0.2, 0.25) is 0 Å². The Balaban J connectivity index is 1.75. The smallest absolute Gasteiger partial charge is 0.262 e. The number of hydrogen-bond acceptors (Lipinski definition) is 4. The molecule has 172 valence electrons. The number of benzene rings is 3. The van der Waals surface area contributed by atoms with Crippen LogP contribution in [0, 0.1) is 24.3 Å². The maximum Gasteiger partial charge on any atom is 0.262 e. The highest BCUT2D eigenvalue weighted by atomic mass is 127. The van der Waals surface area contributed by atoms with Crippen LogP contribution in [0.25, 0.3) is 0 Å². The molecule has 0 saturated carbocycles. The van der Waals surface area contributed by atoms with E-state index in [0.29, 0.717) is 28.8 Å². The first-order valence-electron chi connectivity index (χ1n) is 10.5. The molecule has 7 heteroatoms. The molecule has 1 amide bonds. The second-order valence-corrected chi connectivity index (χ2v) is 9.18. The molecule has 0 aliphatic heterocycles. The normalized spacial score (nSPS) is 11.0. The van der Waals surface area contributed by atoms with E-state index in [1.807, 2.05) is 52.1 Å². The molecule has 3 aromatic carbocycles. The van der Waals surface area contributed by atoms with E-state index in [2.05, 4.69) is 51.1 Å². The zero-order valence-electron chi connectivity index (χ0n) is 19.0. The number of halogens is 2. The van der Waals surface area contributed by atoms with Gasteiger partial charge in [0.15, 0.2) is 18.1 Å². The van der Waals surface area contributed by atoms with Crippen LogP contribution in [0.5, 0.6) is 11.5 Å². The highest BCUT2D eigenvalue weighted by molar-refractivity contribution is 14.1. The molecule has 3 aromatic rings. The molecule has 0 saturated heterocycles. The van der Waals surface area contributed by atoms with Crippen LogP contribution in [0.4, 0.5) is 11.4 Å². The lowest BCUT2D eigenvalue weighted by molar-refractivity contribution is -0.118. The monoisotopic (exact) mass is 576 g/mol. The van der Waals surface area contributed by atoms with Crippen molar-refractivity contribution in [2.45, 2.75) is 27.7 Å². The number of nitrogens with one attached hydrogen (secondary N) is 1. The minimum absolute atomic E-state index is 0.155. The Bertz CT molecular complexity index is 1190. The van der Waals surface area contributed by atoms with Crippen molar-refractivity contribution in [1.29, 1.82) is 0 Å². The third kappa shape index (κ3) is 6.95. The summed E-state index contributed by atoms with van der Waals surface area (Å²) in [6, 6.07) is 15.4. The molecule has 0 radical (unpaired) electrons. The first-order valence-corrected chi connectivity index (χ1v) is 12.0. The molecule has 1 N–H and O–H groups in total. The largest absolute Gasteiger partial charge is 0.490 e. The first kappa shape index (κ1) is 25.1. The molecule has 0 heterocycles. The molecule has 0 fully saturated rings. The molecule has 33 heavy (non-hydrogen) atoms. The number of carbonyl (C=O) groups is 1. The van der Waals surface area contributed by atoms with Crippen molar-refractivity contribution in [3.8, 4) is 11.5 Å². The highest BCUT2D eigenvalue weighted by Gasteiger charge is 2.14. The van der Waals surface area contributed by atoms with Crippen LogP contribution >= 0.6 is 34.2 Å². The summed E-state index contributed by atoms with van der Waals surface area (Å²) in [6.07, 6.45) is 1.81. The topological polar surface area (TPSA) is 59.9 Å². The third-order valence-corrected chi connectivity index (χ3v) is 6.06. The van der Waals surface area contributed by atoms with Gasteiger partial charge in [0.05, 0.1) is 15.9 Å². The number of nitrogens with zero attached hydrogens (tertiary/aromatic N) is 1. The van der Waals surface area contributed by atoms with Crippen molar-refractivity contribution >= 4 is 57.7 Å². The molecule has 0 unspecified atom stereocenters. The number of hydrogen-bond donors (Lipinski definition) is 1. The fourth-order valence-electron chi connectivity index (χ4n) is 3.07. The van der Waals surface area contributed by atoms with E-state index in [4.69, 9.17) is 21.1 Å². The summed E-state index contributed by atoms with van der Waals surface area (Å²) in [7, 11) is 0. The number of aliphatic imine (C=N–C) groups is 1. The number of ether oxygens (including phenoxy) is 2. The molecule has 5 nitrogen and oxygen atoms in total. The summed E-state index contributed by atoms with van der Waals surface area (Å²) in [5.41, 5.74) is 5.65. The average molecular weight is 577 g/mol. The van der Waals surface area contributed by atoms with Gasteiger partial charge in [-0.1, -0.05) is 29.8 Å². The van der Waals surface area contributed by atoms with Crippen molar-refractivity contribution in [2.75, 3.05) is 18.5 Å². The summed E-state index contributed by atoms with van der Waals surface area (Å²) in [5, 5.41) is 3.40. The average Bonchev–Trinajstić information content (AvgIpc) is 2.76. The second kappa shape index (κ2) is 11.5. The predicted octanol–water partition coefficient (Wildman–Crippen LogP) is 7.04. The van der Waals surface area contributed by atoms with Crippen LogP contribution in [0.15, 0.2) is 53.5 Å². The molecule has 0 spiro atoms. The second-order valence-electron chi connectivity index (χ2n) is 7.61. The lowest BCUT2D eigenvalue weighted by Gasteiger charge is -2.15. The summed E-state index contributed by atoms with van der Waals surface area (Å²) in [6.45, 7) is 8.21. The van der Waals surface area contributed by atoms with E-state index in [0.717, 1.165) is 31.5 Å². The van der Waals surface area contributed by atoms with Gasteiger partial charge in [-0.15, -0.1) is 0 Å². The molecule has 0 bridgehead atoms. The van der Waals surface area contributed by atoms with E-state index in [-0.39, 0.29) is 12.5 Å². The van der Waals surface area contributed by atoms with Gasteiger partial charge >= 0.3 is 0 Å². The van der Waals surface area contributed by atoms with Crippen molar-refractivity contribution in [3.63, 3.8) is 0 Å². The Labute approximate surface area is 213 Å². The minimum Gasteiger partial charge on any atom is -0.490 e. The molecule has 0 aliphatic carbocycles. The fourth-order valence-corrected chi connectivity index (χ4v) is 4.04. The molecule has 0 aliphatic rings. The van der Waals surface area contributed by atoms with Crippen molar-refractivity contribution in [1.82, 2.24) is 0 Å². The van der Waals surface area contributed by atoms with Crippen molar-refractivity contribution in [2.24, 2.45) is 4.99 Å². The van der Waals surface area contributed by atoms with Gasteiger partial charge < -0.3 is 14.8 Å². The molecule has 0 atom stereocenters. The van der Waals surface area contributed by atoms with Crippen LogP contribution in [-0.4, -0.2) is 25.3 Å². The molecular weight excluding hydrogens is 551 g/mol. The van der Waals surface area contributed by atoms with Crippen molar-refractivity contribution in [3.05, 3.63) is 79.4 Å². The first-order chi connectivity index (χ1) is 15.8. The van der Waals surface area contributed by atoms with E-state index in [1.165, 1.54) is 0 Å². The Hall–Kier alpha value is -2.58. The maximum atomic E-state index is 12.4. The minimum atomic E-state index is -0.284. The molecular formula is C26H26ClIN2O3. The van der Waals surface area contributed by atoms with Gasteiger partial charge in [-0.25, -0.2) is 0 Å². The quantitative estimate of drug-likeness (QED) is 0.231. The standard InChI is InChI=1S/C26H26ClIN2O3/c1-5-32-24-12-19(14-29-23-10-16(2)6-7-18(23)4)11-22(28)26(24)33-15-25(31)30-20-9-8-17(3)21(27)13-20/h6-14H,5,15H2,1-4H3,(H,30,31). The van der Waals surface area contributed by atoms with Crippen LogP contribution in [0.2, 0.25) is 5.02 Å². The van der Waals surface area contributed by atoms with Crippen molar-refractivity contribution < 1.29 is 14.3 Å². The van der Waals surface area contributed by atoms with Crippen LogP contribution < -0.4 is 14.8 Å². The number of anilines is 1. The van der Waals surface area contributed by atoms with E-state index >= 15 is 0 Å². The Morgan fingerprint density at radius 1 is 1.06 bits per heavy atom. The number of carbonyl (C=O) groups excluding carboxylic acids is 1. The molecule has 3 rings (SSSR count). The van der Waals surface area contributed by atoms with Gasteiger partial charge in [-0.05, 0) is 103 Å². The van der Waals surface area contributed by atoms with Gasteiger partial charge in [0.1, 0.15) is 0 Å². The predicted molar refractivity (Wildman–Crippen MR) is 144 cm³/mol. The SMILES string of the molecule is CCOc1cc(C=Nc2cc(C)ccc2C)cc(I)c1OCC(=O)Nc1ccc(C)c(Cl)c1. The van der Waals surface area contributed by atoms with Crippen LogP contribution in [-0.2, 0) is 4.79 Å². The van der Waals surface area contributed by atoms with Gasteiger partial charge in [-0.3, -0.25) is 9.79 Å². The van der Waals surface area contributed by atoms with Gasteiger partial charge in [0, 0.05) is 16.9 Å². The Morgan fingerprint density at radius 3 is 2.55 bits per heavy atom. The third-order valence-electron chi connectivity index (χ3n) is 4.85. The summed E-state index contributed by atoms with van der Waals surface area (Å²) in [5.74, 6) is 0.810.